The molecule has 0 atom stereocenters. The quantitative estimate of drug-likeness (QED) is 0.190. The van der Waals surface area contributed by atoms with Gasteiger partial charge < -0.3 is 20.3 Å². The first kappa shape index (κ1) is 28.0. The molecule has 1 fully saturated rings. The zero-order valence-corrected chi connectivity index (χ0v) is 25.2. The second kappa shape index (κ2) is 12.5. The van der Waals surface area contributed by atoms with Gasteiger partial charge in [0.2, 0.25) is 11.9 Å². The van der Waals surface area contributed by atoms with Crippen molar-refractivity contribution in [1.29, 1.82) is 0 Å². The van der Waals surface area contributed by atoms with Gasteiger partial charge in [-0.2, -0.15) is 0 Å². The van der Waals surface area contributed by atoms with Crippen molar-refractivity contribution >= 4 is 56.8 Å². The molecule has 220 valence electrons. The number of imidazole rings is 1. The van der Waals surface area contributed by atoms with Crippen molar-refractivity contribution in [2.75, 3.05) is 41.8 Å². The number of morpholine rings is 1. The first-order valence-electron chi connectivity index (χ1n) is 14.2. The summed E-state index contributed by atoms with van der Waals surface area (Å²) in [6.07, 6.45) is 3.98. The minimum absolute atomic E-state index is 0.111. The van der Waals surface area contributed by atoms with Gasteiger partial charge in [-0.15, -0.1) is 11.3 Å². The number of anilines is 4. The average Bonchev–Trinajstić information content (AvgIpc) is 3.65. The van der Waals surface area contributed by atoms with E-state index in [1.54, 1.807) is 29.7 Å². The summed E-state index contributed by atoms with van der Waals surface area (Å²) in [6, 6.07) is 25.1. The highest BCUT2D eigenvalue weighted by Crippen LogP contribution is 2.35. The van der Waals surface area contributed by atoms with Crippen molar-refractivity contribution in [3.8, 4) is 22.6 Å². The van der Waals surface area contributed by atoms with Gasteiger partial charge in [0.15, 0.2) is 4.96 Å². The van der Waals surface area contributed by atoms with Crippen molar-refractivity contribution in [2.45, 2.75) is 6.42 Å². The van der Waals surface area contributed by atoms with Crippen LogP contribution in [0, 0.1) is 0 Å². The summed E-state index contributed by atoms with van der Waals surface area (Å²) in [5, 5.41) is 9.00. The number of ether oxygens (including phenoxy) is 1. The highest BCUT2D eigenvalue weighted by atomic mass is 35.5. The largest absolute Gasteiger partial charge is 0.378 e. The fourth-order valence-electron chi connectivity index (χ4n) is 5.23. The van der Waals surface area contributed by atoms with Crippen LogP contribution in [0.3, 0.4) is 0 Å². The number of fused-ring (bicyclic) bond motifs is 1. The number of carbonyl (C=O) groups excluding carboxylic acids is 1. The van der Waals surface area contributed by atoms with Crippen LogP contribution in [0.4, 0.5) is 23.0 Å². The summed E-state index contributed by atoms with van der Waals surface area (Å²) >= 11 is 7.53. The molecule has 4 heterocycles. The van der Waals surface area contributed by atoms with Crippen molar-refractivity contribution in [1.82, 2.24) is 19.4 Å². The smallest absolute Gasteiger partial charge is 0.228 e. The number of hydrogen-bond acceptors (Lipinski definition) is 8. The summed E-state index contributed by atoms with van der Waals surface area (Å²) < 4.78 is 7.51. The van der Waals surface area contributed by atoms with Gasteiger partial charge >= 0.3 is 0 Å². The first-order chi connectivity index (χ1) is 21.6. The molecule has 1 aliphatic rings. The number of halogens is 1. The van der Waals surface area contributed by atoms with Crippen molar-refractivity contribution < 1.29 is 9.53 Å². The Labute approximate surface area is 263 Å². The van der Waals surface area contributed by atoms with Crippen LogP contribution in [-0.2, 0) is 16.0 Å². The SMILES string of the molecule is O=C(Cc1ccc(Cl)cc1)Nc1cccc(-c2nc3sccn3c2-c2ccnc(Nc3ccc(N4CCOCC4)cc3)n2)c1. The Bertz CT molecular complexity index is 1920. The molecule has 9 nitrogen and oxygen atoms in total. The first-order valence-corrected chi connectivity index (χ1v) is 15.5. The number of benzene rings is 3. The molecule has 0 spiro atoms. The summed E-state index contributed by atoms with van der Waals surface area (Å²) in [4.78, 5) is 30.3. The van der Waals surface area contributed by atoms with Crippen LogP contribution in [0.2, 0.25) is 5.02 Å². The highest BCUT2D eigenvalue weighted by Gasteiger charge is 2.19. The molecule has 0 bridgehead atoms. The number of carbonyl (C=O) groups is 1. The molecule has 0 aliphatic carbocycles. The van der Waals surface area contributed by atoms with E-state index < -0.39 is 0 Å². The Morgan fingerprint density at radius 2 is 1.77 bits per heavy atom. The molecule has 3 aromatic heterocycles. The van der Waals surface area contributed by atoms with Gasteiger partial charge in [0.25, 0.3) is 0 Å². The van der Waals surface area contributed by atoms with Gasteiger partial charge in [0.05, 0.1) is 31.0 Å². The summed E-state index contributed by atoms with van der Waals surface area (Å²) in [7, 11) is 0. The average molecular weight is 622 g/mol. The zero-order chi connectivity index (χ0) is 29.9. The van der Waals surface area contributed by atoms with E-state index in [2.05, 4.69) is 32.7 Å². The lowest BCUT2D eigenvalue weighted by molar-refractivity contribution is -0.115. The maximum Gasteiger partial charge on any atom is 0.228 e. The van der Waals surface area contributed by atoms with Gasteiger partial charge in [-0.25, -0.2) is 15.0 Å². The Kier molecular flexibility index (Phi) is 7.93. The lowest BCUT2D eigenvalue weighted by Gasteiger charge is -2.28. The van der Waals surface area contributed by atoms with Gasteiger partial charge in [-0.05, 0) is 60.2 Å². The van der Waals surface area contributed by atoms with E-state index in [9.17, 15) is 4.79 Å². The summed E-state index contributed by atoms with van der Waals surface area (Å²) in [5.74, 6) is 0.376. The number of hydrogen-bond donors (Lipinski definition) is 2. The van der Waals surface area contributed by atoms with E-state index in [-0.39, 0.29) is 12.3 Å². The normalized spacial score (nSPS) is 13.2. The van der Waals surface area contributed by atoms with E-state index in [1.165, 1.54) is 5.69 Å². The number of nitrogens with one attached hydrogen (secondary N) is 2. The predicted molar refractivity (Wildman–Crippen MR) is 176 cm³/mol. The molecule has 0 radical (unpaired) electrons. The van der Waals surface area contributed by atoms with Crippen molar-refractivity contribution in [2.24, 2.45) is 0 Å². The van der Waals surface area contributed by atoms with Crippen LogP contribution in [0.25, 0.3) is 27.6 Å². The standard InChI is InChI=1S/C33H28ClN7O2S/c34-24-6-4-22(5-7-24)20-29(42)36-26-3-1-2-23(21-26)30-31(41-16-19-44-33(41)39-30)28-12-13-35-32(38-28)37-25-8-10-27(11-9-25)40-14-17-43-18-15-40/h1-13,16,19,21H,14-15,17-18,20H2,(H,36,42)(H,35,37,38). The van der Waals surface area contributed by atoms with E-state index in [0.717, 1.165) is 65.2 Å². The van der Waals surface area contributed by atoms with Crippen molar-refractivity contribution in [3.63, 3.8) is 0 Å². The van der Waals surface area contributed by atoms with E-state index >= 15 is 0 Å². The molecule has 1 aliphatic heterocycles. The third kappa shape index (κ3) is 6.14. The highest BCUT2D eigenvalue weighted by molar-refractivity contribution is 7.15. The molecular weight excluding hydrogens is 594 g/mol. The van der Waals surface area contributed by atoms with Gasteiger partial charge in [0.1, 0.15) is 5.69 Å². The van der Waals surface area contributed by atoms with Crippen molar-refractivity contribution in [3.05, 3.63) is 107 Å². The van der Waals surface area contributed by atoms with Crippen LogP contribution in [0.5, 0.6) is 0 Å². The van der Waals surface area contributed by atoms with Crippen LogP contribution >= 0.6 is 22.9 Å². The minimum Gasteiger partial charge on any atom is -0.378 e. The predicted octanol–water partition coefficient (Wildman–Crippen LogP) is 6.93. The number of aromatic nitrogens is 4. The molecule has 0 saturated carbocycles. The lowest BCUT2D eigenvalue weighted by atomic mass is 10.1. The van der Waals surface area contributed by atoms with Crippen LogP contribution in [0.1, 0.15) is 5.56 Å². The number of thiazole rings is 1. The topological polar surface area (TPSA) is 96.7 Å². The second-order valence-electron chi connectivity index (χ2n) is 10.3. The number of nitrogens with zero attached hydrogens (tertiary/aromatic N) is 5. The fourth-order valence-corrected chi connectivity index (χ4v) is 6.07. The van der Waals surface area contributed by atoms with E-state index in [0.29, 0.717) is 16.7 Å². The third-order valence-electron chi connectivity index (χ3n) is 7.36. The molecule has 7 rings (SSSR count). The van der Waals surface area contributed by atoms with Gasteiger partial charge in [-0.3, -0.25) is 9.20 Å². The monoisotopic (exact) mass is 621 g/mol. The molecule has 11 heteroatoms. The lowest BCUT2D eigenvalue weighted by Crippen LogP contribution is -2.36. The molecule has 2 N–H and O–H groups in total. The zero-order valence-electron chi connectivity index (χ0n) is 23.6. The molecule has 1 saturated heterocycles. The van der Waals surface area contributed by atoms with Crippen LogP contribution in [0.15, 0.2) is 96.6 Å². The van der Waals surface area contributed by atoms with E-state index in [1.807, 2.05) is 70.6 Å². The number of amides is 1. The van der Waals surface area contributed by atoms with Crippen LogP contribution in [-0.4, -0.2) is 51.6 Å². The summed E-state index contributed by atoms with van der Waals surface area (Å²) in [6.45, 7) is 3.28. The number of rotatable bonds is 8. The Hall–Kier alpha value is -4.77. The third-order valence-corrected chi connectivity index (χ3v) is 8.37. The maximum absolute atomic E-state index is 12.8. The molecule has 3 aromatic carbocycles. The van der Waals surface area contributed by atoms with Gasteiger partial charge in [-0.1, -0.05) is 35.9 Å². The molecular formula is C33H28ClN7O2S. The van der Waals surface area contributed by atoms with E-state index in [4.69, 9.17) is 26.3 Å². The molecule has 44 heavy (non-hydrogen) atoms. The Morgan fingerprint density at radius 1 is 0.955 bits per heavy atom. The minimum atomic E-state index is -0.111. The Morgan fingerprint density at radius 3 is 2.59 bits per heavy atom. The van der Waals surface area contributed by atoms with Crippen LogP contribution < -0.4 is 15.5 Å². The second-order valence-corrected chi connectivity index (χ2v) is 11.6. The fraction of sp³-hybridized carbons (Fsp3) is 0.152. The van der Waals surface area contributed by atoms with Gasteiger partial charge in [0, 0.05) is 58.5 Å². The molecule has 6 aromatic rings. The molecule has 0 unspecified atom stereocenters. The summed E-state index contributed by atoms with van der Waals surface area (Å²) in [5.41, 5.74) is 6.85. The molecule has 1 amide bonds. The maximum atomic E-state index is 12.8. The Balaban J connectivity index is 1.13.